The number of aliphatic hydroxyl groups excluding tert-OH is 1. The second-order valence-corrected chi connectivity index (χ2v) is 6.40. The van der Waals surface area contributed by atoms with Gasteiger partial charge in [0.25, 0.3) is 0 Å². The third-order valence-electron chi connectivity index (χ3n) is 4.52. The molecular weight excluding hydrogens is 312 g/mol. The number of carbonyl (C=O) groups is 1. The molecule has 0 radical (unpaired) electrons. The van der Waals surface area contributed by atoms with Crippen LogP contribution in [0.4, 0.5) is 0 Å². The molecule has 0 spiro atoms. The van der Waals surface area contributed by atoms with Gasteiger partial charge in [0.05, 0.1) is 18.7 Å². The second kappa shape index (κ2) is 8.35. The summed E-state index contributed by atoms with van der Waals surface area (Å²) >= 11 is 5.88. The molecule has 1 fully saturated rings. The van der Waals surface area contributed by atoms with Gasteiger partial charge >= 0.3 is 0 Å². The van der Waals surface area contributed by atoms with Gasteiger partial charge in [0.15, 0.2) is 0 Å². The van der Waals surface area contributed by atoms with E-state index in [-0.39, 0.29) is 24.4 Å². The van der Waals surface area contributed by atoms with Gasteiger partial charge in [0.1, 0.15) is 0 Å². The first kappa shape index (κ1) is 17.8. The number of piperidine rings is 1. The van der Waals surface area contributed by atoms with E-state index in [1.54, 1.807) is 12.1 Å². The fourth-order valence-electron chi connectivity index (χ4n) is 3.01. The van der Waals surface area contributed by atoms with Crippen LogP contribution in [0.1, 0.15) is 31.4 Å². The standard InChI is InChI=1S/C18H23ClN2O2/c1-3-10-20-18(23)13(2)21-11-8-15(9-12-21)17(22)14-4-6-16(19)7-5-14/h1,4-7,13,15,17,22H,8-12H2,2H3,(H,20,23). The van der Waals surface area contributed by atoms with E-state index < -0.39 is 6.10 Å². The van der Waals surface area contributed by atoms with Crippen molar-refractivity contribution in [2.45, 2.75) is 31.9 Å². The minimum atomic E-state index is -0.486. The van der Waals surface area contributed by atoms with E-state index >= 15 is 0 Å². The van der Waals surface area contributed by atoms with Crippen molar-refractivity contribution in [3.8, 4) is 12.3 Å². The maximum absolute atomic E-state index is 12.0. The summed E-state index contributed by atoms with van der Waals surface area (Å²) in [6, 6.07) is 7.14. The molecule has 1 saturated heterocycles. The quantitative estimate of drug-likeness (QED) is 0.812. The summed E-state index contributed by atoms with van der Waals surface area (Å²) in [5.41, 5.74) is 0.896. The molecule has 1 amide bonds. The maximum atomic E-state index is 12.0. The molecule has 0 saturated carbocycles. The van der Waals surface area contributed by atoms with E-state index in [9.17, 15) is 9.90 Å². The zero-order chi connectivity index (χ0) is 16.8. The number of rotatable bonds is 5. The number of aliphatic hydroxyl groups is 1. The Hall–Kier alpha value is -1.54. The van der Waals surface area contributed by atoms with Gasteiger partial charge in [-0.3, -0.25) is 9.69 Å². The van der Waals surface area contributed by atoms with Crippen LogP contribution in [0, 0.1) is 18.3 Å². The summed E-state index contributed by atoms with van der Waals surface area (Å²) < 4.78 is 0. The predicted octanol–water partition coefficient (Wildman–Crippen LogP) is 2.22. The Bertz CT molecular complexity index is 559. The fourth-order valence-corrected chi connectivity index (χ4v) is 3.13. The Kier molecular flexibility index (Phi) is 6.47. The number of hydrogen-bond acceptors (Lipinski definition) is 3. The van der Waals surface area contributed by atoms with E-state index in [0.29, 0.717) is 5.02 Å². The summed E-state index contributed by atoms with van der Waals surface area (Å²) in [6.07, 6.45) is 6.39. The lowest BCUT2D eigenvalue weighted by molar-refractivity contribution is -0.126. The van der Waals surface area contributed by atoms with Crippen molar-refractivity contribution in [1.29, 1.82) is 0 Å². The highest BCUT2D eigenvalue weighted by molar-refractivity contribution is 6.30. The Balaban J connectivity index is 1.87. The molecule has 2 N–H and O–H groups in total. The zero-order valence-corrected chi connectivity index (χ0v) is 14.1. The van der Waals surface area contributed by atoms with Gasteiger partial charge in [-0.05, 0) is 56.5 Å². The van der Waals surface area contributed by atoms with Crippen LogP contribution in [-0.4, -0.2) is 41.6 Å². The van der Waals surface area contributed by atoms with Gasteiger partial charge in [-0.1, -0.05) is 29.7 Å². The monoisotopic (exact) mass is 334 g/mol. The summed E-state index contributed by atoms with van der Waals surface area (Å²) in [5.74, 6) is 2.57. The van der Waals surface area contributed by atoms with E-state index in [4.69, 9.17) is 18.0 Å². The summed E-state index contributed by atoms with van der Waals surface area (Å²) in [7, 11) is 0. The summed E-state index contributed by atoms with van der Waals surface area (Å²) in [5, 5.41) is 13.9. The molecule has 1 aliphatic heterocycles. The first-order valence-corrected chi connectivity index (χ1v) is 8.29. The van der Waals surface area contributed by atoms with Crippen LogP contribution in [0.2, 0.25) is 5.02 Å². The number of benzene rings is 1. The van der Waals surface area contributed by atoms with Gasteiger partial charge in [0.2, 0.25) is 5.91 Å². The van der Waals surface area contributed by atoms with Crippen LogP contribution >= 0.6 is 11.6 Å². The lowest BCUT2D eigenvalue weighted by Gasteiger charge is -2.37. The SMILES string of the molecule is C#CCNC(=O)C(C)N1CCC(C(O)c2ccc(Cl)cc2)CC1. The molecule has 0 aromatic heterocycles. The lowest BCUT2D eigenvalue weighted by atomic mass is 9.87. The lowest BCUT2D eigenvalue weighted by Crippen LogP contribution is -2.48. The minimum absolute atomic E-state index is 0.0420. The molecule has 23 heavy (non-hydrogen) atoms. The minimum Gasteiger partial charge on any atom is -0.388 e. The van der Waals surface area contributed by atoms with E-state index in [2.05, 4.69) is 16.1 Å². The van der Waals surface area contributed by atoms with Crippen LogP contribution in [0.25, 0.3) is 0 Å². The third kappa shape index (κ3) is 4.71. The van der Waals surface area contributed by atoms with Crippen molar-refractivity contribution in [1.82, 2.24) is 10.2 Å². The normalized spacial score (nSPS) is 18.9. The number of likely N-dealkylation sites (tertiary alicyclic amines) is 1. The predicted molar refractivity (Wildman–Crippen MR) is 92.0 cm³/mol. The number of halogens is 1. The van der Waals surface area contributed by atoms with Gasteiger partial charge in [-0.2, -0.15) is 0 Å². The highest BCUT2D eigenvalue weighted by Crippen LogP contribution is 2.31. The Morgan fingerprint density at radius 3 is 2.61 bits per heavy atom. The second-order valence-electron chi connectivity index (χ2n) is 5.97. The van der Waals surface area contributed by atoms with Crippen LogP contribution in [0.5, 0.6) is 0 Å². The molecule has 2 rings (SSSR count). The van der Waals surface area contributed by atoms with Gasteiger partial charge in [-0.15, -0.1) is 6.42 Å². The molecule has 1 aliphatic rings. The Morgan fingerprint density at radius 2 is 2.04 bits per heavy atom. The molecule has 4 nitrogen and oxygen atoms in total. The molecule has 5 heteroatoms. The molecule has 0 bridgehead atoms. The Morgan fingerprint density at radius 1 is 1.43 bits per heavy atom. The Labute approximate surface area is 142 Å². The first-order chi connectivity index (χ1) is 11.0. The van der Waals surface area contributed by atoms with Gasteiger partial charge in [-0.25, -0.2) is 0 Å². The smallest absolute Gasteiger partial charge is 0.237 e. The molecule has 1 aromatic rings. The average Bonchev–Trinajstić information content (AvgIpc) is 2.59. The number of nitrogens with zero attached hydrogens (tertiary/aromatic N) is 1. The summed E-state index contributed by atoms with van der Waals surface area (Å²) in [4.78, 5) is 14.1. The fraction of sp³-hybridized carbons (Fsp3) is 0.500. The van der Waals surface area contributed by atoms with Crippen LogP contribution in [0.15, 0.2) is 24.3 Å². The van der Waals surface area contributed by atoms with Gasteiger partial charge in [0, 0.05) is 5.02 Å². The van der Waals surface area contributed by atoms with Crippen molar-refractivity contribution in [3.63, 3.8) is 0 Å². The van der Waals surface area contributed by atoms with Crippen molar-refractivity contribution in [2.24, 2.45) is 5.92 Å². The highest BCUT2D eigenvalue weighted by Gasteiger charge is 2.30. The van der Waals surface area contributed by atoms with Crippen molar-refractivity contribution in [3.05, 3.63) is 34.9 Å². The first-order valence-electron chi connectivity index (χ1n) is 7.91. The highest BCUT2D eigenvalue weighted by atomic mass is 35.5. The van der Waals surface area contributed by atoms with Crippen LogP contribution < -0.4 is 5.32 Å². The molecule has 1 heterocycles. The molecule has 1 aromatic carbocycles. The molecular formula is C18H23ClN2O2. The molecule has 0 aliphatic carbocycles. The van der Waals surface area contributed by atoms with Gasteiger partial charge < -0.3 is 10.4 Å². The maximum Gasteiger partial charge on any atom is 0.237 e. The summed E-state index contributed by atoms with van der Waals surface area (Å²) in [6.45, 7) is 3.73. The number of nitrogens with one attached hydrogen (secondary N) is 1. The average molecular weight is 335 g/mol. The van der Waals surface area contributed by atoms with E-state index in [1.165, 1.54) is 0 Å². The van der Waals surface area contributed by atoms with Crippen LogP contribution in [0.3, 0.4) is 0 Å². The number of amides is 1. The van der Waals surface area contributed by atoms with E-state index in [0.717, 1.165) is 31.5 Å². The number of carbonyl (C=O) groups excluding carboxylic acids is 1. The number of hydrogen-bond donors (Lipinski definition) is 2. The van der Waals surface area contributed by atoms with Crippen LogP contribution in [-0.2, 0) is 4.79 Å². The molecule has 2 atom stereocenters. The van der Waals surface area contributed by atoms with Crippen molar-refractivity contribution >= 4 is 17.5 Å². The largest absolute Gasteiger partial charge is 0.388 e. The topological polar surface area (TPSA) is 52.6 Å². The number of terminal acetylenes is 1. The molecule has 2 unspecified atom stereocenters. The molecule has 124 valence electrons. The zero-order valence-electron chi connectivity index (χ0n) is 13.3. The third-order valence-corrected chi connectivity index (χ3v) is 4.78. The van der Waals surface area contributed by atoms with E-state index in [1.807, 2.05) is 19.1 Å². The van der Waals surface area contributed by atoms with Crippen molar-refractivity contribution in [2.75, 3.05) is 19.6 Å². The van der Waals surface area contributed by atoms with Crippen molar-refractivity contribution < 1.29 is 9.90 Å².